The second-order valence-corrected chi connectivity index (χ2v) is 12.1. The largest absolute Gasteiger partial charge is 0.444 e. The average molecular weight is 618 g/mol. The molecule has 0 saturated heterocycles. The van der Waals surface area contributed by atoms with Crippen LogP contribution in [0.2, 0.25) is 0 Å². The fourth-order valence-corrected chi connectivity index (χ4v) is 5.26. The first-order valence-electron chi connectivity index (χ1n) is 14.0. The number of hydrogen-bond acceptors (Lipinski definition) is 4. The molecular weight excluding hydrogens is 580 g/mol. The Hall–Kier alpha value is -3.51. The first-order chi connectivity index (χ1) is 19.7. The number of fused-ring (bicyclic) bond motifs is 1. The van der Waals surface area contributed by atoms with Crippen LogP contribution in [0.3, 0.4) is 0 Å². The highest BCUT2D eigenvalue weighted by Gasteiger charge is 2.47. The van der Waals surface area contributed by atoms with Gasteiger partial charge in [0, 0.05) is 18.2 Å². The smallest absolute Gasteiger partial charge is 0.416 e. The number of alkyl halides is 6. The van der Waals surface area contributed by atoms with Gasteiger partial charge in [0.05, 0.1) is 11.5 Å². The number of ether oxygens (including phenoxy) is 1. The molecule has 0 spiro atoms. The Labute approximate surface area is 246 Å². The molecule has 2 unspecified atom stereocenters. The summed E-state index contributed by atoms with van der Waals surface area (Å²) in [5.74, 6) is -5.26. The van der Waals surface area contributed by atoms with Crippen LogP contribution >= 0.6 is 0 Å². The summed E-state index contributed by atoms with van der Waals surface area (Å²) in [4.78, 5) is 41.3. The van der Waals surface area contributed by atoms with Gasteiger partial charge in [0.15, 0.2) is 0 Å². The van der Waals surface area contributed by atoms with Crippen molar-refractivity contribution in [2.45, 2.75) is 96.9 Å². The fraction of sp³-hybridized carbons (Fsp3) is 0.567. The van der Waals surface area contributed by atoms with E-state index in [1.807, 2.05) is 6.07 Å². The fourth-order valence-electron chi connectivity index (χ4n) is 5.26. The van der Waals surface area contributed by atoms with E-state index >= 15 is 0 Å². The van der Waals surface area contributed by atoms with Crippen molar-refractivity contribution in [2.24, 2.45) is 11.8 Å². The van der Waals surface area contributed by atoms with Crippen LogP contribution < -0.4 is 15.5 Å². The summed E-state index contributed by atoms with van der Waals surface area (Å²) in [5.41, 5.74) is -1.67. The van der Waals surface area contributed by atoms with Crippen LogP contribution in [-0.4, -0.2) is 54.0 Å². The van der Waals surface area contributed by atoms with Crippen molar-refractivity contribution < 1.29 is 45.5 Å². The SMILES string of the molecule is CC1C=C(C(F)(F)F)C(C[C@@H](NC(=O)OC(C)(C)C)C(=O)N[C@@H]2CCc3ccccc3N(C(C)C)C2=O)=CC1C(F)(F)F. The van der Waals surface area contributed by atoms with Crippen molar-refractivity contribution in [1.29, 1.82) is 0 Å². The molecule has 1 aliphatic heterocycles. The van der Waals surface area contributed by atoms with Crippen LogP contribution in [0.15, 0.2) is 47.6 Å². The van der Waals surface area contributed by atoms with E-state index in [0.717, 1.165) is 12.5 Å². The standard InChI is InChI=1S/C30H37F6N3O4/c1-16(2)39-24-10-8-7-9-18(24)11-12-22(26(39)41)37-25(40)23(38-27(42)43-28(4,5)6)15-19-14-20(29(31,32)33)17(3)13-21(19)30(34,35)36/h7-10,13-14,16-17,20,22-23H,11-12,15H2,1-6H3,(H,37,40)(H,38,42)/t17?,20?,22-,23-/m1/s1. The zero-order valence-corrected chi connectivity index (χ0v) is 24.8. The molecule has 3 amide bonds. The van der Waals surface area contributed by atoms with Gasteiger partial charge in [-0.05, 0) is 70.6 Å². The molecule has 7 nitrogen and oxygen atoms in total. The van der Waals surface area contributed by atoms with Crippen LogP contribution in [0, 0.1) is 11.8 Å². The predicted molar refractivity (Wildman–Crippen MR) is 148 cm³/mol. The van der Waals surface area contributed by atoms with Gasteiger partial charge in [0.2, 0.25) is 11.8 Å². The summed E-state index contributed by atoms with van der Waals surface area (Å²) < 4.78 is 88.3. The highest BCUT2D eigenvalue weighted by Crippen LogP contribution is 2.44. The molecular formula is C30H37F6N3O4. The van der Waals surface area contributed by atoms with Gasteiger partial charge in [0.25, 0.3) is 0 Å². The highest BCUT2D eigenvalue weighted by atomic mass is 19.4. The lowest BCUT2D eigenvalue weighted by Crippen LogP contribution is -2.55. The molecule has 0 fully saturated rings. The molecule has 0 aromatic heterocycles. The zero-order valence-electron chi connectivity index (χ0n) is 24.8. The lowest BCUT2D eigenvalue weighted by atomic mass is 9.80. The number of amides is 3. The number of alkyl carbamates (subject to hydrolysis) is 1. The molecule has 1 aromatic rings. The number of nitrogens with one attached hydrogen (secondary N) is 2. The summed E-state index contributed by atoms with van der Waals surface area (Å²) in [6.07, 6.45) is -10.5. The Bertz CT molecular complexity index is 1280. The number of carbonyl (C=O) groups is 3. The molecule has 1 heterocycles. The molecule has 0 radical (unpaired) electrons. The van der Waals surface area contributed by atoms with E-state index in [9.17, 15) is 40.7 Å². The Morgan fingerprint density at radius 1 is 1.05 bits per heavy atom. The van der Waals surface area contributed by atoms with E-state index in [0.29, 0.717) is 24.3 Å². The number of benzene rings is 1. The number of hydrogen-bond donors (Lipinski definition) is 2. The Morgan fingerprint density at radius 3 is 2.23 bits per heavy atom. The van der Waals surface area contributed by atoms with Crippen molar-refractivity contribution in [3.8, 4) is 0 Å². The molecule has 238 valence electrons. The number of para-hydroxylation sites is 1. The van der Waals surface area contributed by atoms with Gasteiger partial charge >= 0.3 is 18.4 Å². The minimum Gasteiger partial charge on any atom is -0.444 e. The Kier molecular flexibility index (Phi) is 9.97. The number of halogens is 6. The number of rotatable bonds is 6. The quantitative estimate of drug-likeness (QED) is 0.363. The van der Waals surface area contributed by atoms with Gasteiger partial charge in [-0.1, -0.05) is 37.3 Å². The molecule has 3 rings (SSSR count). The van der Waals surface area contributed by atoms with E-state index < -0.39 is 77.3 Å². The summed E-state index contributed by atoms with van der Waals surface area (Å²) in [6.45, 7) is 9.15. The van der Waals surface area contributed by atoms with Crippen molar-refractivity contribution in [3.63, 3.8) is 0 Å². The second kappa shape index (κ2) is 12.6. The third-order valence-corrected chi connectivity index (χ3v) is 7.16. The number of nitrogens with zero attached hydrogens (tertiary/aromatic N) is 1. The minimum absolute atomic E-state index is 0.147. The molecule has 2 N–H and O–H groups in total. The maximum absolute atomic E-state index is 14.0. The van der Waals surface area contributed by atoms with Gasteiger partial charge < -0.3 is 20.3 Å². The topological polar surface area (TPSA) is 87.7 Å². The van der Waals surface area contributed by atoms with Gasteiger partial charge in [-0.2, -0.15) is 26.3 Å². The van der Waals surface area contributed by atoms with Gasteiger partial charge in [-0.3, -0.25) is 9.59 Å². The number of allylic oxidation sites excluding steroid dienone is 3. The molecule has 1 aliphatic carbocycles. The van der Waals surface area contributed by atoms with Gasteiger partial charge in [-0.25, -0.2) is 4.79 Å². The van der Waals surface area contributed by atoms with Crippen molar-refractivity contribution in [3.05, 3.63) is 53.1 Å². The number of anilines is 1. The number of aryl methyl sites for hydroxylation is 1. The minimum atomic E-state index is -5.02. The van der Waals surface area contributed by atoms with Crippen LogP contribution in [0.5, 0.6) is 0 Å². The Morgan fingerprint density at radius 2 is 1.67 bits per heavy atom. The van der Waals surface area contributed by atoms with E-state index in [1.54, 1.807) is 32.0 Å². The van der Waals surface area contributed by atoms with Crippen LogP contribution in [0.25, 0.3) is 0 Å². The van der Waals surface area contributed by atoms with E-state index in [1.165, 1.54) is 25.7 Å². The predicted octanol–water partition coefficient (Wildman–Crippen LogP) is 6.39. The number of carbonyl (C=O) groups excluding carboxylic acids is 3. The highest BCUT2D eigenvalue weighted by molar-refractivity contribution is 6.01. The van der Waals surface area contributed by atoms with E-state index in [2.05, 4.69) is 10.6 Å². The van der Waals surface area contributed by atoms with Crippen molar-refractivity contribution >= 4 is 23.6 Å². The maximum atomic E-state index is 14.0. The zero-order chi connectivity index (χ0) is 32.5. The monoisotopic (exact) mass is 617 g/mol. The molecule has 1 aromatic carbocycles. The first-order valence-corrected chi connectivity index (χ1v) is 14.0. The molecule has 0 bridgehead atoms. The van der Waals surface area contributed by atoms with E-state index in [4.69, 9.17) is 4.74 Å². The maximum Gasteiger partial charge on any atom is 0.416 e. The van der Waals surface area contributed by atoms with Crippen molar-refractivity contribution in [2.75, 3.05) is 4.90 Å². The molecule has 2 aliphatic rings. The summed E-state index contributed by atoms with van der Waals surface area (Å²) in [6, 6.07) is 3.96. The summed E-state index contributed by atoms with van der Waals surface area (Å²) in [5, 5.41) is 4.75. The first kappa shape index (κ1) is 34.0. The van der Waals surface area contributed by atoms with E-state index in [-0.39, 0.29) is 12.5 Å². The van der Waals surface area contributed by atoms with Gasteiger partial charge in [-0.15, -0.1) is 0 Å². The molecule has 4 atom stereocenters. The molecule has 0 saturated carbocycles. The van der Waals surface area contributed by atoms with Gasteiger partial charge in [0.1, 0.15) is 17.7 Å². The molecule has 13 heteroatoms. The summed E-state index contributed by atoms with van der Waals surface area (Å²) >= 11 is 0. The van der Waals surface area contributed by atoms with Crippen molar-refractivity contribution in [1.82, 2.24) is 10.6 Å². The second-order valence-electron chi connectivity index (χ2n) is 12.1. The average Bonchev–Trinajstić information content (AvgIpc) is 2.98. The Balaban J connectivity index is 1.97. The van der Waals surface area contributed by atoms with Crippen LogP contribution in [0.4, 0.5) is 36.8 Å². The third-order valence-electron chi connectivity index (χ3n) is 7.16. The van der Waals surface area contributed by atoms with Crippen LogP contribution in [0.1, 0.15) is 59.9 Å². The lowest BCUT2D eigenvalue weighted by molar-refractivity contribution is -0.170. The normalized spacial score (nSPS) is 22.2. The third kappa shape index (κ3) is 8.54. The molecule has 43 heavy (non-hydrogen) atoms. The van der Waals surface area contributed by atoms with Crippen LogP contribution in [-0.2, 0) is 20.7 Å². The summed E-state index contributed by atoms with van der Waals surface area (Å²) in [7, 11) is 0. The lowest BCUT2D eigenvalue weighted by Gasteiger charge is -2.32.